The van der Waals surface area contributed by atoms with E-state index in [2.05, 4.69) is 10.3 Å². The van der Waals surface area contributed by atoms with Gasteiger partial charge in [-0.25, -0.2) is 4.98 Å². The number of carbonyl (C=O) groups is 1. The lowest BCUT2D eigenvalue weighted by Gasteiger charge is -2.11. The highest BCUT2D eigenvalue weighted by Crippen LogP contribution is 2.44. The Morgan fingerprint density at radius 2 is 2.13 bits per heavy atom. The molecule has 1 saturated carbocycles. The second-order valence-corrected chi connectivity index (χ2v) is 7.02. The van der Waals surface area contributed by atoms with Crippen LogP contribution in [-0.4, -0.2) is 29.1 Å². The van der Waals surface area contributed by atoms with Gasteiger partial charge in [-0.1, -0.05) is 12.1 Å². The molecule has 0 radical (unpaired) electrons. The lowest BCUT2D eigenvalue weighted by atomic mass is 10.1. The highest BCUT2D eigenvalue weighted by Gasteiger charge is 2.42. The fraction of sp³-hybridized carbons (Fsp3) is 0.294. The van der Waals surface area contributed by atoms with E-state index >= 15 is 0 Å². The second kappa shape index (κ2) is 5.47. The van der Waals surface area contributed by atoms with Crippen molar-refractivity contribution in [2.45, 2.75) is 12.8 Å². The maximum absolute atomic E-state index is 12.1. The Kier molecular flexibility index (Phi) is 3.43. The highest BCUT2D eigenvalue weighted by molar-refractivity contribution is 7.21. The van der Waals surface area contributed by atoms with Gasteiger partial charge < -0.3 is 14.8 Å². The molecule has 0 spiro atoms. The molecule has 1 aliphatic rings. The first kappa shape index (κ1) is 14.4. The molecule has 1 fully saturated rings. The van der Waals surface area contributed by atoms with Gasteiger partial charge in [0.2, 0.25) is 0 Å². The second-order valence-electron chi connectivity index (χ2n) is 5.99. The van der Waals surface area contributed by atoms with Crippen LogP contribution in [0.3, 0.4) is 0 Å². The van der Waals surface area contributed by atoms with Crippen molar-refractivity contribution in [1.82, 2.24) is 10.3 Å². The maximum Gasteiger partial charge on any atom is 0.287 e. The number of para-hydroxylation sites is 1. The quantitative estimate of drug-likeness (QED) is 0.755. The van der Waals surface area contributed by atoms with E-state index < -0.39 is 0 Å². The van der Waals surface area contributed by atoms with Crippen molar-refractivity contribution in [2.75, 3.05) is 13.2 Å². The number of fused-ring (bicyclic) bond motifs is 1. The first-order chi connectivity index (χ1) is 11.2. The summed E-state index contributed by atoms with van der Waals surface area (Å²) in [7, 11) is 0. The Morgan fingerprint density at radius 3 is 2.87 bits per heavy atom. The van der Waals surface area contributed by atoms with Crippen molar-refractivity contribution < 1.29 is 14.3 Å². The lowest BCUT2D eigenvalue weighted by Crippen LogP contribution is -2.31. The molecule has 5 nitrogen and oxygen atoms in total. The third-order valence-electron chi connectivity index (χ3n) is 4.25. The highest BCUT2D eigenvalue weighted by atomic mass is 32.1. The first-order valence-corrected chi connectivity index (χ1v) is 8.36. The van der Waals surface area contributed by atoms with E-state index in [1.807, 2.05) is 24.3 Å². The van der Waals surface area contributed by atoms with Crippen LogP contribution in [-0.2, 0) is 0 Å². The number of furan rings is 1. The van der Waals surface area contributed by atoms with Crippen LogP contribution in [0.4, 0.5) is 0 Å². The van der Waals surface area contributed by atoms with Crippen molar-refractivity contribution >= 4 is 27.5 Å². The number of carbonyl (C=O) groups excluding carboxylic acids is 1. The van der Waals surface area contributed by atoms with Gasteiger partial charge in [-0.05, 0) is 37.1 Å². The molecule has 0 aliphatic heterocycles. The van der Waals surface area contributed by atoms with Crippen molar-refractivity contribution in [3.63, 3.8) is 0 Å². The summed E-state index contributed by atoms with van der Waals surface area (Å²) in [5, 5.41) is 12.9. The molecule has 4 rings (SSSR count). The van der Waals surface area contributed by atoms with Crippen LogP contribution in [0.5, 0.6) is 0 Å². The Bertz CT molecular complexity index is 830. The van der Waals surface area contributed by atoms with Gasteiger partial charge in [0.05, 0.1) is 16.8 Å². The number of aliphatic hydroxyl groups excluding tert-OH is 1. The van der Waals surface area contributed by atoms with Crippen LogP contribution in [0.25, 0.3) is 21.0 Å². The summed E-state index contributed by atoms with van der Waals surface area (Å²) in [6.45, 7) is 0.599. The molecule has 6 heteroatoms. The number of amides is 1. The average molecular weight is 328 g/mol. The minimum atomic E-state index is -0.253. The van der Waals surface area contributed by atoms with Crippen molar-refractivity contribution in [1.29, 1.82) is 0 Å². The molecule has 1 aromatic carbocycles. The summed E-state index contributed by atoms with van der Waals surface area (Å²) in [6, 6.07) is 11.3. The molecule has 3 aromatic rings. The van der Waals surface area contributed by atoms with Crippen LogP contribution in [0.15, 0.2) is 40.8 Å². The molecule has 0 saturated heterocycles. The molecule has 0 atom stereocenters. The lowest BCUT2D eigenvalue weighted by molar-refractivity contribution is 0.0908. The van der Waals surface area contributed by atoms with Crippen LogP contribution < -0.4 is 5.32 Å². The topological polar surface area (TPSA) is 75.4 Å². The summed E-state index contributed by atoms with van der Waals surface area (Å²) in [5.74, 6) is 0.615. The third-order valence-corrected chi connectivity index (χ3v) is 5.30. The van der Waals surface area contributed by atoms with E-state index in [1.54, 1.807) is 12.1 Å². The molecule has 2 N–H and O–H groups in total. The molecule has 0 unspecified atom stereocenters. The predicted molar refractivity (Wildman–Crippen MR) is 88.4 cm³/mol. The number of hydrogen-bond donors (Lipinski definition) is 2. The van der Waals surface area contributed by atoms with Gasteiger partial charge in [0.25, 0.3) is 5.91 Å². The number of nitrogens with one attached hydrogen (secondary N) is 1. The van der Waals surface area contributed by atoms with Gasteiger partial charge in [0, 0.05) is 12.0 Å². The molecule has 1 amide bonds. The molecular formula is C17H16N2O3S. The van der Waals surface area contributed by atoms with E-state index in [0.29, 0.717) is 12.3 Å². The molecule has 0 bridgehead atoms. The standard InChI is InChI=1S/C17H16N2O3S/c20-10-17(7-8-17)9-18-15(21)12-5-6-13(22-12)16-19-11-3-1-2-4-14(11)23-16/h1-6,20H,7-10H2,(H,18,21). The van der Waals surface area contributed by atoms with Crippen LogP contribution in [0.1, 0.15) is 23.4 Å². The van der Waals surface area contributed by atoms with Gasteiger partial charge in [-0.3, -0.25) is 4.79 Å². The zero-order chi connectivity index (χ0) is 15.9. The molecule has 23 heavy (non-hydrogen) atoms. The number of aromatic nitrogens is 1. The molecular weight excluding hydrogens is 312 g/mol. The monoisotopic (exact) mass is 328 g/mol. The van der Waals surface area contributed by atoms with E-state index in [1.165, 1.54) is 11.3 Å². The minimum absolute atomic E-state index is 0.113. The Labute approximate surface area is 137 Å². The van der Waals surface area contributed by atoms with Gasteiger partial charge in [0.1, 0.15) is 0 Å². The molecule has 1 aliphatic carbocycles. The van der Waals surface area contributed by atoms with Gasteiger partial charge >= 0.3 is 0 Å². The molecule has 118 valence electrons. The average Bonchev–Trinajstić information content (AvgIpc) is 3.00. The number of hydrogen-bond acceptors (Lipinski definition) is 5. The van der Waals surface area contributed by atoms with E-state index in [4.69, 9.17) is 4.42 Å². The summed E-state index contributed by atoms with van der Waals surface area (Å²) in [4.78, 5) is 16.7. The number of rotatable bonds is 5. The zero-order valence-electron chi connectivity index (χ0n) is 12.4. The summed E-state index contributed by atoms with van der Waals surface area (Å²) in [5.41, 5.74) is 0.812. The van der Waals surface area contributed by atoms with Gasteiger partial charge in [-0.2, -0.15) is 0 Å². The number of nitrogens with zero attached hydrogens (tertiary/aromatic N) is 1. The zero-order valence-corrected chi connectivity index (χ0v) is 13.2. The molecule has 2 aromatic heterocycles. The first-order valence-electron chi connectivity index (χ1n) is 7.54. The van der Waals surface area contributed by atoms with E-state index in [9.17, 15) is 9.90 Å². The Balaban J connectivity index is 1.50. The van der Waals surface area contributed by atoms with Crippen LogP contribution in [0, 0.1) is 5.41 Å². The summed E-state index contributed by atoms with van der Waals surface area (Å²) >= 11 is 1.54. The predicted octanol–water partition coefficient (Wildman–Crippen LogP) is 3.06. The SMILES string of the molecule is O=C(NCC1(CO)CC1)c1ccc(-c2nc3ccccc3s2)o1. The van der Waals surface area contributed by atoms with E-state index in [0.717, 1.165) is 28.1 Å². The number of benzene rings is 1. The summed E-state index contributed by atoms with van der Waals surface area (Å²) in [6.07, 6.45) is 1.91. The smallest absolute Gasteiger partial charge is 0.287 e. The maximum atomic E-state index is 12.1. The fourth-order valence-corrected chi connectivity index (χ4v) is 3.40. The third kappa shape index (κ3) is 2.75. The van der Waals surface area contributed by atoms with Crippen molar-refractivity contribution in [3.05, 3.63) is 42.2 Å². The fourth-order valence-electron chi connectivity index (χ4n) is 2.47. The number of aliphatic hydroxyl groups is 1. The number of thiazole rings is 1. The molecule has 2 heterocycles. The normalized spacial score (nSPS) is 15.7. The van der Waals surface area contributed by atoms with Gasteiger partial charge in [0.15, 0.2) is 16.5 Å². The largest absolute Gasteiger partial charge is 0.448 e. The van der Waals surface area contributed by atoms with Crippen LogP contribution in [0.2, 0.25) is 0 Å². The van der Waals surface area contributed by atoms with Crippen LogP contribution >= 0.6 is 11.3 Å². The summed E-state index contributed by atoms with van der Waals surface area (Å²) < 4.78 is 6.74. The van der Waals surface area contributed by atoms with E-state index in [-0.39, 0.29) is 23.7 Å². The Morgan fingerprint density at radius 1 is 1.30 bits per heavy atom. The van der Waals surface area contributed by atoms with Crippen molar-refractivity contribution in [3.8, 4) is 10.8 Å². The van der Waals surface area contributed by atoms with Gasteiger partial charge in [-0.15, -0.1) is 11.3 Å². The Hall–Kier alpha value is -2.18. The van der Waals surface area contributed by atoms with Crippen molar-refractivity contribution in [2.24, 2.45) is 5.41 Å². The minimum Gasteiger partial charge on any atom is -0.448 e.